The van der Waals surface area contributed by atoms with Gasteiger partial charge >= 0.3 is 0 Å². The van der Waals surface area contributed by atoms with E-state index in [4.69, 9.17) is 0 Å². The maximum atomic E-state index is 12.9. The molecule has 4 rings (SSSR count). The fraction of sp³-hybridized carbons (Fsp3) is 0.423. The number of aromatic amines is 1. The van der Waals surface area contributed by atoms with Crippen molar-refractivity contribution in [3.63, 3.8) is 0 Å². The Bertz CT molecular complexity index is 990. The first-order chi connectivity index (χ1) is 14.5. The maximum Gasteiger partial charge on any atom is 0.227 e. The molecule has 1 atom stereocenters. The molecule has 1 heterocycles. The number of rotatable bonds is 6. The number of halogens is 1. The standard InChI is InChI=1S/C26H33N3O.ClH/c1-19(23-18-27-24-12-8-7-11-22(23)24)25(30)28-17-20-13-15-26(16-14-20,29(2)3)21-9-5-4-6-10-21;/h4-12,18-20,27H,13-17H2,1-3H3,(H,28,30);1H. The van der Waals surface area contributed by atoms with E-state index in [0.29, 0.717) is 5.92 Å². The molecule has 4 nitrogen and oxygen atoms in total. The van der Waals surface area contributed by atoms with Gasteiger partial charge in [0.15, 0.2) is 0 Å². The van der Waals surface area contributed by atoms with E-state index >= 15 is 0 Å². The molecule has 2 aromatic carbocycles. The Kier molecular flexibility index (Phi) is 7.45. The van der Waals surface area contributed by atoms with Crippen molar-refractivity contribution in [2.75, 3.05) is 20.6 Å². The molecule has 0 bridgehead atoms. The van der Waals surface area contributed by atoms with E-state index in [1.807, 2.05) is 25.3 Å². The topological polar surface area (TPSA) is 48.1 Å². The lowest BCUT2D eigenvalue weighted by atomic mass is 9.72. The molecule has 1 aliphatic carbocycles. The molecule has 1 amide bonds. The van der Waals surface area contributed by atoms with Crippen molar-refractivity contribution in [1.82, 2.24) is 15.2 Å². The zero-order valence-electron chi connectivity index (χ0n) is 18.7. The van der Waals surface area contributed by atoms with Crippen LogP contribution in [0.1, 0.15) is 49.7 Å². The molecular formula is C26H34ClN3O. The second kappa shape index (κ2) is 9.88. The second-order valence-electron chi connectivity index (χ2n) is 8.99. The van der Waals surface area contributed by atoms with E-state index in [1.54, 1.807) is 0 Å². The predicted molar refractivity (Wildman–Crippen MR) is 131 cm³/mol. The molecule has 2 N–H and O–H groups in total. The van der Waals surface area contributed by atoms with Gasteiger partial charge in [0.2, 0.25) is 5.91 Å². The van der Waals surface area contributed by atoms with Gasteiger partial charge in [-0.1, -0.05) is 48.5 Å². The molecule has 0 spiro atoms. The number of carbonyl (C=O) groups is 1. The Balaban J connectivity index is 0.00000272. The summed E-state index contributed by atoms with van der Waals surface area (Å²) >= 11 is 0. The van der Waals surface area contributed by atoms with Gasteiger partial charge in [-0.15, -0.1) is 12.4 Å². The minimum atomic E-state index is -0.157. The van der Waals surface area contributed by atoms with Crippen molar-refractivity contribution >= 4 is 29.2 Å². The molecule has 0 radical (unpaired) electrons. The quantitative estimate of drug-likeness (QED) is 0.536. The van der Waals surface area contributed by atoms with E-state index < -0.39 is 0 Å². The number of fused-ring (bicyclic) bond motifs is 1. The third-order valence-electron chi connectivity index (χ3n) is 7.15. The van der Waals surface area contributed by atoms with Crippen LogP contribution in [0.15, 0.2) is 60.8 Å². The van der Waals surface area contributed by atoms with Crippen molar-refractivity contribution in [3.05, 3.63) is 71.9 Å². The highest BCUT2D eigenvalue weighted by molar-refractivity contribution is 5.91. The highest BCUT2D eigenvalue weighted by Crippen LogP contribution is 2.42. The van der Waals surface area contributed by atoms with Crippen LogP contribution < -0.4 is 5.32 Å². The molecule has 5 heteroatoms. The van der Waals surface area contributed by atoms with E-state index in [0.717, 1.165) is 48.7 Å². The van der Waals surface area contributed by atoms with Crippen molar-refractivity contribution in [2.24, 2.45) is 5.92 Å². The van der Waals surface area contributed by atoms with Crippen LogP contribution in [0.4, 0.5) is 0 Å². The first-order valence-electron chi connectivity index (χ1n) is 11.1. The maximum absolute atomic E-state index is 12.9. The Morgan fingerprint density at radius 3 is 2.42 bits per heavy atom. The van der Waals surface area contributed by atoms with E-state index in [2.05, 4.69) is 71.8 Å². The van der Waals surface area contributed by atoms with E-state index in [1.165, 1.54) is 5.56 Å². The largest absolute Gasteiger partial charge is 0.361 e. The van der Waals surface area contributed by atoms with Crippen molar-refractivity contribution in [1.29, 1.82) is 0 Å². The highest BCUT2D eigenvalue weighted by atomic mass is 35.5. The van der Waals surface area contributed by atoms with Crippen molar-refractivity contribution in [2.45, 2.75) is 44.1 Å². The monoisotopic (exact) mass is 439 g/mol. The van der Waals surface area contributed by atoms with Crippen LogP contribution in [-0.4, -0.2) is 36.4 Å². The summed E-state index contributed by atoms with van der Waals surface area (Å²) in [5.41, 5.74) is 3.67. The molecule has 3 aromatic rings. The minimum absolute atomic E-state index is 0. The average Bonchev–Trinajstić information content (AvgIpc) is 3.22. The molecule has 0 aliphatic heterocycles. The van der Waals surface area contributed by atoms with Gasteiger partial charge in [-0.2, -0.15) is 0 Å². The molecule has 1 saturated carbocycles. The predicted octanol–water partition coefficient (Wildman–Crippen LogP) is 5.46. The lowest BCUT2D eigenvalue weighted by Crippen LogP contribution is -2.45. The van der Waals surface area contributed by atoms with Crippen LogP contribution in [0, 0.1) is 5.92 Å². The number of hydrogen-bond acceptors (Lipinski definition) is 2. The number of carbonyl (C=O) groups excluding carboxylic acids is 1. The van der Waals surface area contributed by atoms with Gasteiger partial charge in [0, 0.05) is 29.2 Å². The van der Waals surface area contributed by atoms with Crippen LogP contribution in [0.5, 0.6) is 0 Å². The first-order valence-corrected chi connectivity index (χ1v) is 11.1. The first kappa shape index (κ1) is 23.4. The molecule has 1 aliphatic rings. The SMILES string of the molecule is CC(C(=O)NCC1CCC(c2ccccc2)(N(C)C)CC1)c1c[nH]c2ccccc12.Cl. The summed E-state index contributed by atoms with van der Waals surface area (Å²) in [5, 5.41) is 4.37. The van der Waals surface area contributed by atoms with Gasteiger partial charge in [-0.3, -0.25) is 9.69 Å². The number of para-hydroxylation sites is 1. The van der Waals surface area contributed by atoms with Crippen LogP contribution in [0.25, 0.3) is 10.9 Å². The van der Waals surface area contributed by atoms with Gasteiger partial charge in [-0.25, -0.2) is 0 Å². The summed E-state index contributed by atoms with van der Waals surface area (Å²) in [7, 11) is 4.38. The fourth-order valence-electron chi connectivity index (χ4n) is 5.09. The van der Waals surface area contributed by atoms with Crippen molar-refractivity contribution < 1.29 is 4.79 Å². The van der Waals surface area contributed by atoms with Crippen molar-refractivity contribution in [3.8, 4) is 0 Å². The highest BCUT2D eigenvalue weighted by Gasteiger charge is 2.38. The Morgan fingerprint density at radius 2 is 1.74 bits per heavy atom. The van der Waals surface area contributed by atoms with Gasteiger partial charge in [0.05, 0.1) is 5.92 Å². The number of nitrogens with zero attached hydrogens (tertiary/aromatic N) is 1. The van der Waals surface area contributed by atoms with Crippen LogP contribution in [-0.2, 0) is 10.3 Å². The lowest BCUT2D eigenvalue weighted by molar-refractivity contribution is -0.122. The fourth-order valence-corrected chi connectivity index (χ4v) is 5.09. The Hall–Kier alpha value is -2.30. The Morgan fingerprint density at radius 1 is 1.10 bits per heavy atom. The molecule has 1 unspecified atom stereocenters. The molecule has 0 saturated heterocycles. The number of benzene rings is 2. The van der Waals surface area contributed by atoms with E-state index in [9.17, 15) is 4.79 Å². The molecule has 1 fully saturated rings. The van der Waals surface area contributed by atoms with Gasteiger partial charge in [0.1, 0.15) is 0 Å². The zero-order valence-corrected chi connectivity index (χ0v) is 19.5. The van der Waals surface area contributed by atoms with Gasteiger partial charge in [-0.05, 0) is 69.8 Å². The summed E-state index contributed by atoms with van der Waals surface area (Å²) in [6.45, 7) is 2.77. The number of aromatic nitrogens is 1. The Labute approximate surface area is 191 Å². The van der Waals surface area contributed by atoms with Gasteiger partial charge in [0.25, 0.3) is 0 Å². The molecular weight excluding hydrogens is 406 g/mol. The third-order valence-corrected chi connectivity index (χ3v) is 7.15. The summed E-state index contributed by atoms with van der Waals surface area (Å²) in [4.78, 5) is 18.5. The third kappa shape index (κ3) is 4.65. The van der Waals surface area contributed by atoms with Crippen LogP contribution in [0.3, 0.4) is 0 Å². The molecule has 31 heavy (non-hydrogen) atoms. The lowest BCUT2D eigenvalue weighted by Gasteiger charge is -2.45. The van der Waals surface area contributed by atoms with Crippen LogP contribution in [0.2, 0.25) is 0 Å². The summed E-state index contributed by atoms with van der Waals surface area (Å²) < 4.78 is 0. The summed E-state index contributed by atoms with van der Waals surface area (Å²) in [6, 6.07) is 19.0. The molecule has 1 aromatic heterocycles. The summed E-state index contributed by atoms with van der Waals surface area (Å²) in [5.74, 6) is 0.503. The second-order valence-corrected chi connectivity index (χ2v) is 8.99. The van der Waals surface area contributed by atoms with Gasteiger partial charge < -0.3 is 10.3 Å². The number of nitrogens with one attached hydrogen (secondary N) is 2. The smallest absolute Gasteiger partial charge is 0.227 e. The summed E-state index contributed by atoms with van der Waals surface area (Å²) in [6.07, 6.45) is 6.50. The minimum Gasteiger partial charge on any atom is -0.361 e. The number of hydrogen-bond donors (Lipinski definition) is 2. The normalized spacial score (nSPS) is 22.1. The zero-order chi connectivity index (χ0) is 21.1. The number of amides is 1. The number of H-pyrrole nitrogens is 1. The van der Waals surface area contributed by atoms with E-state index in [-0.39, 0.29) is 29.8 Å². The molecule has 166 valence electrons. The average molecular weight is 440 g/mol. The van der Waals surface area contributed by atoms with Crippen LogP contribution >= 0.6 is 12.4 Å².